The SMILES string of the molecule is COC1=C(C(=O)O)N2C(=O)[C@@H](NC(=O)C(N)C3=CCC=CC3)[C@H]2SC1.O.O. The molecule has 3 atom stereocenters. The summed E-state index contributed by atoms with van der Waals surface area (Å²) >= 11 is 1.35. The van der Waals surface area contributed by atoms with Gasteiger partial charge in [0.15, 0.2) is 5.70 Å². The molecular formula is C16H23N3O7S. The minimum absolute atomic E-state index is 0. The zero-order valence-electron chi connectivity index (χ0n) is 14.6. The predicted octanol–water partition coefficient (Wildman–Crippen LogP) is -1.72. The van der Waals surface area contributed by atoms with E-state index >= 15 is 0 Å². The summed E-state index contributed by atoms with van der Waals surface area (Å²) < 4.78 is 5.06. The number of nitrogens with zero attached hydrogens (tertiary/aromatic N) is 1. The number of nitrogens with two attached hydrogens (primary N) is 1. The number of carboxylic acid groups (broad SMARTS) is 1. The maximum absolute atomic E-state index is 12.4. The van der Waals surface area contributed by atoms with E-state index in [0.29, 0.717) is 12.2 Å². The molecule has 27 heavy (non-hydrogen) atoms. The van der Waals surface area contributed by atoms with Crippen molar-refractivity contribution in [3.63, 3.8) is 0 Å². The highest BCUT2D eigenvalue weighted by Gasteiger charge is 2.55. The lowest BCUT2D eigenvalue weighted by molar-refractivity contribution is -0.151. The number of rotatable bonds is 5. The smallest absolute Gasteiger partial charge is 0.356 e. The fourth-order valence-corrected chi connectivity index (χ4v) is 4.34. The molecule has 150 valence electrons. The summed E-state index contributed by atoms with van der Waals surface area (Å²) in [4.78, 5) is 37.4. The van der Waals surface area contributed by atoms with Gasteiger partial charge in [-0.2, -0.15) is 0 Å². The van der Waals surface area contributed by atoms with Crippen LogP contribution in [0.2, 0.25) is 0 Å². The number of amides is 2. The number of hydrogen-bond acceptors (Lipinski definition) is 6. The van der Waals surface area contributed by atoms with Crippen LogP contribution in [0.3, 0.4) is 0 Å². The quantitative estimate of drug-likeness (QED) is 0.361. The molecule has 0 spiro atoms. The number of ether oxygens (including phenoxy) is 1. The number of β-lactam (4-membered cyclic amide) rings is 1. The average molecular weight is 401 g/mol. The number of hydrogen-bond donors (Lipinski definition) is 3. The van der Waals surface area contributed by atoms with E-state index in [-0.39, 0.29) is 22.4 Å². The van der Waals surface area contributed by atoms with E-state index in [4.69, 9.17) is 10.5 Å². The monoisotopic (exact) mass is 401 g/mol. The fourth-order valence-electron chi connectivity index (χ4n) is 3.03. The number of carboxylic acids is 1. The van der Waals surface area contributed by atoms with E-state index < -0.39 is 35.2 Å². The molecular weight excluding hydrogens is 378 g/mol. The average Bonchev–Trinajstić information content (AvgIpc) is 2.64. The van der Waals surface area contributed by atoms with E-state index in [2.05, 4.69) is 5.32 Å². The topological polar surface area (TPSA) is 185 Å². The highest BCUT2D eigenvalue weighted by molar-refractivity contribution is 8.00. The summed E-state index contributed by atoms with van der Waals surface area (Å²) in [5, 5.41) is 11.5. The third-order valence-corrected chi connectivity index (χ3v) is 5.65. The Balaban J connectivity index is 0.00000182. The van der Waals surface area contributed by atoms with Gasteiger partial charge < -0.3 is 31.8 Å². The van der Waals surface area contributed by atoms with Crippen LogP contribution in [-0.4, -0.2) is 69.1 Å². The third kappa shape index (κ3) is 4.00. The molecule has 1 saturated heterocycles. The summed E-state index contributed by atoms with van der Waals surface area (Å²) in [5.74, 6) is -1.57. The van der Waals surface area contributed by atoms with Crippen LogP contribution in [0, 0.1) is 0 Å². The van der Waals surface area contributed by atoms with Crippen LogP contribution in [0.25, 0.3) is 0 Å². The number of aliphatic carboxylic acids is 1. The maximum Gasteiger partial charge on any atom is 0.356 e. The Morgan fingerprint density at radius 2 is 2.11 bits per heavy atom. The van der Waals surface area contributed by atoms with Crippen LogP contribution in [0.15, 0.2) is 35.3 Å². The Kier molecular flexibility index (Phi) is 7.60. The first-order valence-electron chi connectivity index (χ1n) is 7.80. The lowest BCUT2D eigenvalue weighted by Gasteiger charge is -2.49. The van der Waals surface area contributed by atoms with Crippen LogP contribution in [0.5, 0.6) is 0 Å². The van der Waals surface area contributed by atoms with E-state index in [9.17, 15) is 19.5 Å². The van der Waals surface area contributed by atoms with E-state index in [1.54, 1.807) is 0 Å². The summed E-state index contributed by atoms with van der Waals surface area (Å²) in [7, 11) is 1.37. The third-order valence-electron chi connectivity index (χ3n) is 4.40. The van der Waals surface area contributed by atoms with Crippen molar-refractivity contribution in [1.29, 1.82) is 0 Å². The summed E-state index contributed by atoms with van der Waals surface area (Å²) in [6.45, 7) is 0. The molecule has 0 bridgehead atoms. The molecule has 0 saturated carbocycles. The molecule has 0 radical (unpaired) electrons. The van der Waals surface area contributed by atoms with Crippen molar-refractivity contribution in [3.8, 4) is 0 Å². The van der Waals surface area contributed by atoms with Gasteiger partial charge in [-0.3, -0.25) is 14.5 Å². The molecule has 2 heterocycles. The molecule has 1 fully saturated rings. The number of thioether (sulfide) groups is 1. The largest absolute Gasteiger partial charge is 0.498 e. The highest BCUT2D eigenvalue weighted by Crippen LogP contribution is 2.40. The van der Waals surface area contributed by atoms with Gasteiger partial charge in [-0.1, -0.05) is 18.2 Å². The second-order valence-corrected chi connectivity index (χ2v) is 6.95. The van der Waals surface area contributed by atoms with Crippen LogP contribution >= 0.6 is 11.8 Å². The van der Waals surface area contributed by atoms with Gasteiger partial charge in [0, 0.05) is 0 Å². The number of carbonyl (C=O) groups is 3. The van der Waals surface area contributed by atoms with Gasteiger partial charge >= 0.3 is 5.97 Å². The molecule has 2 aliphatic heterocycles. The predicted molar refractivity (Wildman–Crippen MR) is 98.4 cm³/mol. The van der Waals surface area contributed by atoms with Crippen LogP contribution in [0.1, 0.15) is 12.8 Å². The second-order valence-electron chi connectivity index (χ2n) is 5.85. The van der Waals surface area contributed by atoms with Gasteiger partial charge in [-0.25, -0.2) is 4.79 Å². The molecule has 1 aliphatic carbocycles. The Labute approximate surface area is 159 Å². The van der Waals surface area contributed by atoms with Crippen molar-refractivity contribution in [2.45, 2.75) is 30.3 Å². The van der Waals surface area contributed by atoms with Crippen molar-refractivity contribution in [3.05, 3.63) is 35.3 Å². The number of nitrogens with one attached hydrogen (secondary N) is 1. The van der Waals surface area contributed by atoms with Crippen molar-refractivity contribution in [2.75, 3.05) is 12.9 Å². The minimum atomic E-state index is -1.23. The van der Waals surface area contributed by atoms with E-state index in [0.717, 1.165) is 16.9 Å². The Morgan fingerprint density at radius 3 is 2.67 bits per heavy atom. The summed E-state index contributed by atoms with van der Waals surface area (Å²) in [6, 6.07) is -1.60. The molecule has 10 nitrogen and oxygen atoms in total. The molecule has 3 rings (SSSR count). The number of methoxy groups -OCH3 is 1. The molecule has 0 aromatic carbocycles. The number of allylic oxidation sites excluding steroid dienone is 3. The van der Waals surface area contributed by atoms with Gasteiger partial charge in [0.05, 0.1) is 12.9 Å². The molecule has 11 heteroatoms. The van der Waals surface area contributed by atoms with Crippen molar-refractivity contribution < 1.29 is 35.2 Å². The Hall–Kier alpha value is -2.34. The number of carbonyl (C=O) groups excluding carboxylic acids is 2. The van der Waals surface area contributed by atoms with Crippen molar-refractivity contribution in [1.82, 2.24) is 10.2 Å². The zero-order chi connectivity index (χ0) is 18.1. The van der Waals surface area contributed by atoms with Crippen molar-refractivity contribution in [2.24, 2.45) is 5.73 Å². The minimum Gasteiger partial charge on any atom is -0.498 e. The van der Waals surface area contributed by atoms with Crippen LogP contribution in [0.4, 0.5) is 0 Å². The highest BCUT2D eigenvalue weighted by atomic mass is 32.2. The summed E-state index contributed by atoms with van der Waals surface area (Å²) in [5.41, 5.74) is 6.63. The molecule has 2 amide bonds. The standard InChI is InChI=1S/C16H19N3O5S.2H2O/c1-24-9-7-25-15-11(14(21)19(15)12(9)16(22)23)18-13(20)10(17)8-5-3-2-4-6-8;;/h2-3,6,10-11,15H,4-5,7,17H2,1H3,(H,18,20)(H,22,23);2*1H2/t10?,11-,15-;;/m1../s1. The van der Waals surface area contributed by atoms with Crippen molar-refractivity contribution >= 4 is 29.5 Å². The Morgan fingerprint density at radius 1 is 1.41 bits per heavy atom. The normalized spacial score (nSPS) is 24.4. The second kappa shape index (κ2) is 9.04. The van der Waals surface area contributed by atoms with Gasteiger partial charge in [-0.05, 0) is 18.4 Å². The molecule has 0 aromatic rings. The van der Waals surface area contributed by atoms with Crippen LogP contribution < -0.4 is 11.1 Å². The first-order valence-corrected chi connectivity index (χ1v) is 8.85. The lowest BCUT2D eigenvalue weighted by Crippen LogP contribution is -2.71. The van der Waals surface area contributed by atoms with Gasteiger partial charge in [0.1, 0.15) is 23.2 Å². The van der Waals surface area contributed by atoms with E-state index in [1.807, 2.05) is 18.2 Å². The number of fused-ring (bicyclic) bond motifs is 1. The molecule has 0 aromatic heterocycles. The zero-order valence-corrected chi connectivity index (χ0v) is 15.4. The maximum atomic E-state index is 12.4. The van der Waals surface area contributed by atoms with Crippen LogP contribution in [-0.2, 0) is 19.1 Å². The molecule has 8 N–H and O–H groups in total. The molecule has 3 aliphatic rings. The Bertz CT molecular complexity index is 719. The summed E-state index contributed by atoms with van der Waals surface area (Å²) in [6.07, 6.45) is 7.20. The van der Waals surface area contributed by atoms with Gasteiger partial charge in [-0.15, -0.1) is 11.8 Å². The fraction of sp³-hybridized carbons (Fsp3) is 0.438. The van der Waals surface area contributed by atoms with Gasteiger partial charge in [0.25, 0.3) is 5.91 Å². The lowest BCUT2D eigenvalue weighted by atomic mass is 9.97. The molecule has 1 unspecified atom stereocenters. The van der Waals surface area contributed by atoms with E-state index in [1.165, 1.54) is 18.9 Å². The first-order chi connectivity index (χ1) is 12.0. The van der Waals surface area contributed by atoms with Gasteiger partial charge in [0.2, 0.25) is 5.91 Å². The first kappa shape index (κ1) is 22.7.